The fraction of sp³-hybridized carbons (Fsp3) is 0.923. The minimum Gasteiger partial charge on any atom is -0.461 e. The monoisotopic (exact) mass is 241 g/mol. The van der Waals surface area contributed by atoms with E-state index in [0.717, 1.165) is 19.3 Å². The third kappa shape index (κ3) is 3.42. The molecular weight excluding hydrogens is 218 g/mol. The number of esters is 1. The molecular formula is C13H23NO3. The van der Waals surface area contributed by atoms with Gasteiger partial charge >= 0.3 is 5.97 Å². The molecule has 0 aromatic rings. The van der Waals surface area contributed by atoms with Crippen LogP contribution in [0.1, 0.15) is 45.4 Å². The van der Waals surface area contributed by atoms with Gasteiger partial charge in [-0.2, -0.15) is 0 Å². The molecule has 0 radical (unpaired) electrons. The van der Waals surface area contributed by atoms with Crippen molar-refractivity contribution in [2.24, 2.45) is 5.92 Å². The molecule has 0 amide bonds. The summed E-state index contributed by atoms with van der Waals surface area (Å²) in [7, 11) is 0. The number of carbonyl (C=O) groups excluding carboxylic acids is 1. The van der Waals surface area contributed by atoms with Gasteiger partial charge in [0.05, 0.1) is 6.10 Å². The average Bonchev–Trinajstić information content (AvgIpc) is 2.76. The normalized spacial score (nSPS) is 38.0. The van der Waals surface area contributed by atoms with Gasteiger partial charge in [-0.15, -0.1) is 0 Å². The highest BCUT2D eigenvalue weighted by Crippen LogP contribution is 2.28. The van der Waals surface area contributed by atoms with E-state index in [4.69, 9.17) is 4.74 Å². The number of hydrogen-bond acceptors (Lipinski definition) is 4. The van der Waals surface area contributed by atoms with E-state index in [2.05, 4.69) is 12.2 Å². The maximum absolute atomic E-state index is 11.9. The van der Waals surface area contributed by atoms with Gasteiger partial charge in [0.25, 0.3) is 0 Å². The second-order valence-corrected chi connectivity index (χ2v) is 5.35. The molecule has 1 saturated heterocycles. The summed E-state index contributed by atoms with van der Waals surface area (Å²) in [4.78, 5) is 11.9. The maximum Gasteiger partial charge on any atom is 0.323 e. The smallest absolute Gasteiger partial charge is 0.323 e. The Morgan fingerprint density at radius 1 is 1.41 bits per heavy atom. The Kier molecular flexibility index (Phi) is 4.40. The van der Waals surface area contributed by atoms with E-state index in [-0.39, 0.29) is 18.1 Å². The minimum atomic E-state index is -0.401. The highest BCUT2D eigenvalue weighted by molar-refractivity contribution is 5.76. The van der Waals surface area contributed by atoms with Crippen LogP contribution in [-0.2, 0) is 9.53 Å². The van der Waals surface area contributed by atoms with Crippen LogP contribution in [0.15, 0.2) is 0 Å². The minimum absolute atomic E-state index is 0.0979. The lowest BCUT2D eigenvalue weighted by atomic mass is 9.85. The summed E-state index contributed by atoms with van der Waals surface area (Å²) in [5.41, 5.74) is 0. The van der Waals surface area contributed by atoms with Crippen LogP contribution in [0, 0.1) is 5.92 Å². The highest BCUT2D eigenvalue weighted by atomic mass is 16.5. The van der Waals surface area contributed by atoms with Gasteiger partial charge in [-0.05, 0) is 25.2 Å². The maximum atomic E-state index is 11.9. The Labute approximate surface area is 103 Å². The van der Waals surface area contributed by atoms with Crippen LogP contribution in [0.5, 0.6) is 0 Å². The van der Waals surface area contributed by atoms with Crippen LogP contribution < -0.4 is 5.32 Å². The van der Waals surface area contributed by atoms with Crippen molar-refractivity contribution in [2.75, 3.05) is 6.54 Å². The first-order valence-electron chi connectivity index (χ1n) is 6.81. The molecule has 1 aliphatic carbocycles. The van der Waals surface area contributed by atoms with Crippen molar-refractivity contribution in [3.63, 3.8) is 0 Å². The van der Waals surface area contributed by atoms with Crippen molar-refractivity contribution < 1.29 is 14.6 Å². The number of ether oxygens (including phenoxy) is 1. The van der Waals surface area contributed by atoms with Crippen LogP contribution in [0.3, 0.4) is 0 Å². The average molecular weight is 241 g/mol. The van der Waals surface area contributed by atoms with Gasteiger partial charge < -0.3 is 15.2 Å². The Bertz CT molecular complexity index is 269. The van der Waals surface area contributed by atoms with Gasteiger partial charge in [-0.25, -0.2) is 0 Å². The van der Waals surface area contributed by atoms with Crippen LogP contribution in [-0.4, -0.2) is 35.9 Å². The van der Waals surface area contributed by atoms with E-state index in [1.165, 1.54) is 12.8 Å². The zero-order chi connectivity index (χ0) is 12.3. The van der Waals surface area contributed by atoms with Gasteiger partial charge in [0.1, 0.15) is 12.1 Å². The second-order valence-electron chi connectivity index (χ2n) is 5.35. The molecule has 4 unspecified atom stereocenters. The first-order chi connectivity index (χ1) is 8.19. The number of rotatable bonds is 3. The van der Waals surface area contributed by atoms with Gasteiger partial charge in [0, 0.05) is 13.0 Å². The van der Waals surface area contributed by atoms with Gasteiger partial charge in [0.2, 0.25) is 0 Å². The standard InChI is InChI=1S/C13H23NO3/c1-2-9-4-3-5-11(6-9)17-13(16)12-7-10(15)8-14-12/h9-12,14-15H,2-8H2,1H3. The molecule has 0 aromatic heterocycles. The van der Waals surface area contributed by atoms with Crippen molar-refractivity contribution in [2.45, 2.75) is 63.7 Å². The number of aliphatic hydroxyl groups is 1. The number of aliphatic hydroxyl groups excluding tert-OH is 1. The molecule has 2 aliphatic rings. The third-order valence-corrected chi connectivity index (χ3v) is 3.99. The summed E-state index contributed by atoms with van der Waals surface area (Å²) in [5.74, 6) is 0.534. The predicted molar refractivity (Wildman–Crippen MR) is 64.5 cm³/mol. The van der Waals surface area contributed by atoms with Crippen molar-refractivity contribution >= 4 is 5.97 Å². The molecule has 17 heavy (non-hydrogen) atoms. The Morgan fingerprint density at radius 3 is 2.88 bits per heavy atom. The molecule has 4 heteroatoms. The van der Waals surface area contributed by atoms with Crippen LogP contribution >= 0.6 is 0 Å². The summed E-state index contributed by atoms with van der Waals surface area (Å²) in [6, 6.07) is -0.299. The van der Waals surface area contributed by atoms with E-state index < -0.39 is 6.10 Å². The fourth-order valence-electron chi connectivity index (χ4n) is 2.86. The second kappa shape index (κ2) is 5.83. The molecule has 2 fully saturated rings. The van der Waals surface area contributed by atoms with E-state index in [1.807, 2.05) is 0 Å². The fourth-order valence-corrected chi connectivity index (χ4v) is 2.86. The highest BCUT2D eigenvalue weighted by Gasteiger charge is 2.32. The van der Waals surface area contributed by atoms with Gasteiger partial charge in [-0.1, -0.05) is 19.8 Å². The molecule has 0 bridgehead atoms. The van der Waals surface area contributed by atoms with Crippen molar-refractivity contribution in [3.8, 4) is 0 Å². The third-order valence-electron chi connectivity index (χ3n) is 3.99. The number of nitrogens with one attached hydrogen (secondary N) is 1. The largest absolute Gasteiger partial charge is 0.461 e. The molecule has 0 aromatic carbocycles. The van der Waals surface area contributed by atoms with Crippen LogP contribution in [0.2, 0.25) is 0 Å². The quantitative estimate of drug-likeness (QED) is 0.729. The first-order valence-corrected chi connectivity index (χ1v) is 6.81. The van der Waals surface area contributed by atoms with Gasteiger partial charge in [0.15, 0.2) is 0 Å². The Hall–Kier alpha value is -0.610. The zero-order valence-corrected chi connectivity index (χ0v) is 10.5. The molecule has 4 atom stereocenters. The molecule has 4 nitrogen and oxygen atoms in total. The number of carbonyl (C=O) groups is 1. The molecule has 0 spiro atoms. The number of hydrogen-bond donors (Lipinski definition) is 2. The van der Waals surface area contributed by atoms with E-state index in [1.54, 1.807) is 0 Å². The summed E-state index contributed by atoms with van der Waals surface area (Å²) >= 11 is 0. The van der Waals surface area contributed by atoms with E-state index >= 15 is 0 Å². The Balaban J connectivity index is 1.78. The first kappa shape index (κ1) is 12.8. The Morgan fingerprint density at radius 2 is 2.24 bits per heavy atom. The molecule has 1 aliphatic heterocycles. The van der Waals surface area contributed by atoms with Crippen molar-refractivity contribution in [1.29, 1.82) is 0 Å². The molecule has 98 valence electrons. The van der Waals surface area contributed by atoms with E-state index in [9.17, 15) is 9.90 Å². The SMILES string of the molecule is CCC1CCCC(OC(=O)C2CC(O)CN2)C1. The lowest BCUT2D eigenvalue weighted by molar-refractivity contribution is -0.153. The van der Waals surface area contributed by atoms with Crippen molar-refractivity contribution in [3.05, 3.63) is 0 Å². The van der Waals surface area contributed by atoms with Gasteiger partial charge in [-0.3, -0.25) is 4.79 Å². The molecule has 2 rings (SSSR count). The van der Waals surface area contributed by atoms with Crippen LogP contribution in [0.4, 0.5) is 0 Å². The molecule has 1 heterocycles. The number of β-amino-alcohol motifs (C(OH)–C–C–N with tert-alkyl or cyclic N) is 1. The summed E-state index contributed by atoms with van der Waals surface area (Å²) in [5, 5.41) is 12.4. The topological polar surface area (TPSA) is 58.6 Å². The summed E-state index contributed by atoms with van der Waals surface area (Å²) < 4.78 is 5.54. The predicted octanol–water partition coefficient (Wildman–Crippen LogP) is 1.22. The zero-order valence-electron chi connectivity index (χ0n) is 10.5. The lowest BCUT2D eigenvalue weighted by Crippen LogP contribution is -2.36. The molecule has 2 N–H and O–H groups in total. The summed E-state index contributed by atoms with van der Waals surface area (Å²) in [6.07, 6.45) is 5.80. The molecule has 1 saturated carbocycles. The van der Waals surface area contributed by atoms with Crippen LogP contribution in [0.25, 0.3) is 0 Å². The van der Waals surface area contributed by atoms with E-state index in [0.29, 0.717) is 18.9 Å². The summed E-state index contributed by atoms with van der Waals surface area (Å²) in [6.45, 7) is 2.70. The van der Waals surface area contributed by atoms with Crippen molar-refractivity contribution in [1.82, 2.24) is 5.32 Å². The lowest BCUT2D eigenvalue weighted by Gasteiger charge is -2.28.